The van der Waals surface area contributed by atoms with Gasteiger partial charge in [-0.15, -0.1) is 0 Å². The molecule has 1 saturated heterocycles. The number of piperazine rings is 1. The molecule has 0 radical (unpaired) electrons. The van der Waals surface area contributed by atoms with E-state index in [1.807, 2.05) is 37.8 Å². The smallest absolute Gasteiger partial charge is 0.276 e. The van der Waals surface area contributed by atoms with Crippen molar-refractivity contribution in [1.29, 1.82) is 0 Å². The number of hydrogen-bond donors (Lipinski definition) is 0. The first-order valence-electron chi connectivity index (χ1n) is 12.3. The van der Waals surface area contributed by atoms with Crippen LogP contribution in [0.4, 0.5) is 0 Å². The maximum absolute atomic E-state index is 13.6. The lowest BCUT2D eigenvalue weighted by atomic mass is 10.1. The molecule has 0 saturated carbocycles. The molecule has 2 aliphatic heterocycles. The summed E-state index contributed by atoms with van der Waals surface area (Å²) in [5.74, 6) is 0.435. The molecule has 0 aliphatic carbocycles. The molecule has 1 aromatic heterocycles. The van der Waals surface area contributed by atoms with Crippen molar-refractivity contribution in [3.05, 3.63) is 45.8 Å². The standard InChI is InChI=1S/C25H37N5O4S/c1-18-15-19(2)24(20(3)16-18)35(32,33)30-10-7-22-21(17-30)23(26-34-22)25(31)29-13-11-28(12-14-29)9-6-8-27(4)5/h15-16H,6-14,17H2,1-5H3. The second kappa shape index (κ2) is 10.4. The molecule has 10 heteroatoms. The van der Waals surface area contributed by atoms with Crippen LogP contribution in [0, 0.1) is 20.8 Å². The van der Waals surface area contributed by atoms with Gasteiger partial charge < -0.3 is 14.3 Å². The molecule has 1 fully saturated rings. The molecule has 0 spiro atoms. The minimum Gasteiger partial charge on any atom is -0.360 e. The highest BCUT2D eigenvalue weighted by atomic mass is 32.2. The maximum atomic E-state index is 13.6. The lowest BCUT2D eigenvalue weighted by Gasteiger charge is -2.34. The molecule has 1 aromatic carbocycles. The van der Waals surface area contributed by atoms with E-state index in [1.165, 1.54) is 4.31 Å². The number of amides is 1. The highest BCUT2D eigenvalue weighted by Gasteiger charge is 2.36. The third-order valence-electron chi connectivity index (χ3n) is 6.94. The Hall–Kier alpha value is -2.27. The van der Waals surface area contributed by atoms with Gasteiger partial charge >= 0.3 is 0 Å². The summed E-state index contributed by atoms with van der Waals surface area (Å²) in [6.07, 6.45) is 1.50. The van der Waals surface area contributed by atoms with Gasteiger partial charge in [0.15, 0.2) is 5.69 Å². The Bertz CT molecular complexity index is 1160. The van der Waals surface area contributed by atoms with Crippen LogP contribution in [0.3, 0.4) is 0 Å². The van der Waals surface area contributed by atoms with E-state index in [4.69, 9.17) is 4.52 Å². The van der Waals surface area contributed by atoms with Crippen molar-refractivity contribution in [3.8, 4) is 0 Å². The second-order valence-electron chi connectivity index (χ2n) is 10.0. The SMILES string of the molecule is Cc1cc(C)c(S(=O)(=O)N2CCc3onc(C(=O)N4CCN(CCCN(C)C)CC4)c3C2)c(C)c1. The molecule has 2 aromatic rings. The summed E-state index contributed by atoms with van der Waals surface area (Å²) in [4.78, 5) is 20.0. The number of nitrogens with zero attached hydrogens (tertiary/aromatic N) is 5. The lowest BCUT2D eigenvalue weighted by molar-refractivity contribution is 0.0622. The van der Waals surface area contributed by atoms with E-state index < -0.39 is 10.0 Å². The number of rotatable bonds is 7. The van der Waals surface area contributed by atoms with Gasteiger partial charge in [0.25, 0.3) is 5.91 Å². The molecule has 0 unspecified atom stereocenters. The summed E-state index contributed by atoms with van der Waals surface area (Å²) >= 11 is 0. The second-order valence-corrected chi connectivity index (χ2v) is 11.9. The van der Waals surface area contributed by atoms with Crippen molar-refractivity contribution in [2.24, 2.45) is 0 Å². The van der Waals surface area contributed by atoms with Crippen LogP contribution >= 0.6 is 0 Å². The van der Waals surface area contributed by atoms with E-state index in [2.05, 4.69) is 29.1 Å². The van der Waals surface area contributed by atoms with E-state index in [0.717, 1.165) is 49.3 Å². The van der Waals surface area contributed by atoms with Gasteiger partial charge in [-0.05, 0) is 65.5 Å². The van der Waals surface area contributed by atoms with Crippen molar-refractivity contribution < 1.29 is 17.7 Å². The summed E-state index contributed by atoms with van der Waals surface area (Å²) in [6.45, 7) is 11.0. The number of carbonyl (C=O) groups excluding carboxylic acids is 1. The average Bonchev–Trinajstić information content (AvgIpc) is 3.21. The quantitative estimate of drug-likeness (QED) is 0.571. The number of aryl methyl sites for hydroxylation is 3. The van der Waals surface area contributed by atoms with Crippen LogP contribution in [0.25, 0.3) is 0 Å². The fourth-order valence-electron chi connectivity index (χ4n) is 5.20. The highest BCUT2D eigenvalue weighted by molar-refractivity contribution is 7.89. The van der Waals surface area contributed by atoms with Crippen LogP contribution in [-0.4, -0.2) is 98.4 Å². The number of carbonyl (C=O) groups is 1. The molecular weight excluding hydrogens is 466 g/mol. The van der Waals surface area contributed by atoms with Crippen LogP contribution < -0.4 is 0 Å². The highest BCUT2D eigenvalue weighted by Crippen LogP contribution is 2.31. The molecule has 35 heavy (non-hydrogen) atoms. The number of hydrogen-bond acceptors (Lipinski definition) is 7. The van der Waals surface area contributed by atoms with Gasteiger partial charge in [-0.25, -0.2) is 8.42 Å². The first-order valence-corrected chi connectivity index (χ1v) is 13.7. The van der Waals surface area contributed by atoms with Crippen molar-refractivity contribution in [2.45, 2.75) is 45.1 Å². The Kier molecular flexibility index (Phi) is 7.65. The minimum absolute atomic E-state index is 0.0967. The predicted octanol–water partition coefficient (Wildman–Crippen LogP) is 2.06. The Morgan fingerprint density at radius 3 is 2.34 bits per heavy atom. The van der Waals surface area contributed by atoms with Gasteiger partial charge in [-0.2, -0.15) is 4.31 Å². The van der Waals surface area contributed by atoms with Crippen molar-refractivity contribution >= 4 is 15.9 Å². The van der Waals surface area contributed by atoms with Crippen molar-refractivity contribution in [2.75, 3.05) is 59.9 Å². The Morgan fingerprint density at radius 2 is 1.71 bits per heavy atom. The topological polar surface area (TPSA) is 90.2 Å². The molecule has 0 N–H and O–H groups in total. The fourth-order valence-corrected chi connectivity index (χ4v) is 7.02. The average molecular weight is 504 g/mol. The van der Waals surface area contributed by atoms with Crippen LogP contribution in [-0.2, 0) is 23.0 Å². The fraction of sp³-hybridized carbons (Fsp3) is 0.600. The summed E-state index contributed by atoms with van der Waals surface area (Å²) in [5, 5.41) is 4.09. The molecule has 4 rings (SSSR count). The first kappa shape index (κ1) is 25.8. The van der Waals surface area contributed by atoms with E-state index in [1.54, 1.807) is 0 Å². The zero-order valence-corrected chi connectivity index (χ0v) is 22.3. The Morgan fingerprint density at radius 1 is 1.06 bits per heavy atom. The normalized spacial score (nSPS) is 17.7. The van der Waals surface area contributed by atoms with Gasteiger partial charge in [0.05, 0.1) is 4.90 Å². The number of sulfonamides is 1. The van der Waals surface area contributed by atoms with E-state index >= 15 is 0 Å². The predicted molar refractivity (Wildman–Crippen MR) is 134 cm³/mol. The van der Waals surface area contributed by atoms with Crippen LogP contribution in [0.1, 0.15) is 44.9 Å². The lowest BCUT2D eigenvalue weighted by Crippen LogP contribution is -2.49. The van der Waals surface area contributed by atoms with Crippen molar-refractivity contribution in [3.63, 3.8) is 0 Å². The molecule has 9 nitrogen and oxygen atoms in total. The van der Waals surface area contributed by atoms with Crippen LogP contribution in [0.5, 0.6) is 0 Å². The molecular formula is C25H37N5O4S. The van der Waals surface area contributed by atoms with Gasteiger partial charge in [0.2, 0.25) is 10.0 Å². The van der Waals surface area contributed by atoms with Gasteiger partial charge in [0, 0.05) is 51.3 Å². The molecule has 3 heterocycles. The monoisotopic (exact) mass is 503 g/mol. The molecule has 192 valence electrons. The summed E-state index contributed by atoms with van der Waals surface area (Å²) in [7, 11) is 0.427. The molecule has 1 amide bonds. The van der Waals surface area contributed by atoms with Crippen LogP contribution in [0.15, 0.2) is 21.6 Å². The first-order chi connectivity index (χ1) is 16.6. The Balaban J connectivity index is 1.46. The van der Waals surface area contributed by atoms with E-state index in [0.29, 0.717) is 42.3 Å². The zero-order chi connectivity index (χ0) is 25.3. The van der Waals surface area contributed by atoms with E-state index in [-0.39, 0.29) is 18.1 Å². The summed E-state index contributed by atoms with van der Waals surface area (Å²) < 4.78 is 34.1. The largest absolute Gasteiger partial charge is 0.360 e. The maximum Gasteiger partial charge on any atom is 0.276 e. The van der Waals surface area contributed by atoms with Gasteiger partial charge in [-0.1, -0.05) is 22.9 Å². The third kappa shape index (κ3) is 5.45. The third-order valence-corrected chi connectivity index (χ3v) is 9.09. The van der Waals surface area contributed by atoms with Gasteiger partial charge in [0.1, 0.15) is 5.76 Å². The van der Waals surface area contributed by atoms with Crippen molar-refractivity contribution in [1.82, 2.24) is 24.2 Å². The van der Waals surface area contributed by atoms with E-state index in [9.17, 15) is 13.2 Å². The minimum atomic E-state index is -3.72. The molecule has 2 aliphatic rings. The molecule has 0 atom stereocenters. The van der Waals surface area contributed by atoms with Gasteiger partial charge in [-0.3, -0.25) is 9.69 Å². The zero-order valence-electron chi connectivity index (χ0n) is 21.5. The summed E-state index contributed by atoms with van der Waals surface area (Å²) in [6, 6.07) is 3.79. The number of benzene rings is 1. The molecule has 0 bridgehead atoms. The summed E-state index contributed by atoms with van der Waals surface area (Å²) in [5.41, 5.74) is 3.35. The van der Waals surface area contributed by atoms with Crippen LogP contribution in [0.2, 0.25) is 0 Å². The Labute approximate surface area is 208 Å². The number of fused-ring (bicyclic) bond motifs is 1. The number of aromatic nitrogens is 1.